The zero-order valence-corrected chi connectivity index (χ0v) is 26.4. The molecule has 1 saturated heterocycles. The summed E-state index contributed by atoms with van der Waals surface area (Å²) < 4.78 is 1.86. The Morgan fingerprint density at radius 1 is 1.05 bits per heavy atom. The number of nitrogens with zero attached hydrogens (tertiary/aromatic N) is 5. The van der Waals surface area contributed by atoms with Crippen LogP contribution < -0.4 is 10.6 Å². The molecule has 2 aliphatic carbocycles. The molecule has 2 N–H and O–H groups in total. The van der Waals surface area contributed by atoms with Crippen molar-refractivity contribution in [2.24, 2.45) is 0 Å². The smallest absolute Gasteiger partial charge is 0.251 e. The first kappa shape index (κ1) is 29.1. The average molecular weight is 630 g/mol. The summed E-state index contributed by atoms with van der Waals surface area (Å²) in [6, 6.07) is 10.2. The van der Waals surface area contributed by atoms with Crippen LogP contribution in [0, 0.1) is 0 Å². The van der Waals surface area contributed by atoms with Gasteiger partial charge in [0.1, 0.15) is 0 Å². The zero-order chi connectivity index (χ0) is 30.2. The Labute approximate surface area is 266 Å². The van der Waals surface area contributed by atoms with Crippen LogP contribution in [-0.2, 0) is 17.6 Å². The standard InChI is InChI=1S/C33H36ClN7O2S/c1-20(42)36-33-38-27-13-12-25-29(22-6-5-15-35-19-22)39-41(30(25)31(27)44-33)28-14-7-21(18-26(28)34)32(43)37-23-8-10-24(11-9-23)40-16-3-2-4-17-40/h5-7,14-15,18-19,23-24H,2-4,8-13,16-17H2,1H3,(H,37,43)(H,36,38,42)/t23-,24+. The van der Waals surface area contributed by atoms with Crippen molar-refractivity contribution in [1.29, 1.82) is 0 Å². The summed E-state index contributed by atoms with van der Waals surface area (Å²) in [5.41, 5.74) is 5.89. The molecule has 9 nitrogen and oxygen atoms in total. The van der Waals surface area contributed by atoms with Crippen LogP contribution in [0.4, 0.5) is 5.13 Å². The maximum absolute atomic E-state index is 13.3. The number of likely N-dealkylation sites (tertiary alicyclic amines) is 1. The third kappa shape index (κ3) is 5.78. The number of rotatable bonds is 6. The van der Waals surface area contributed by atoms with Crippen LogP contribution in [0.1, 0.15) is 73.5 Å². The highest BCUT2D eigenvalue weighted by atomic mass is 35.5. The number of aromatic nitrogens is 4. The van der Waals surface area contributed by atoms with Crippen LogP contribution in [0.15, 0.2) is 42.7 Å². The normalized spacial score (nSPS) is 20.0. The van der Waals surface area contributed by atoms with Crippen LogP contribution in [0.2, 0.25) is 5.02 Å². The lowest BCUT2D eigenvalue weighted by molar-refractivity contribution is -0.114. The second kappa shape index (κ2) is 12.4. The largest absolute Gasteiger partial charge is 0.349 e. The monoisotopic (exact) mass is 629 g/mol. The fraction of sp³-hybridized carbons (Fsp3) is 0.424. The topological polar surface area (TPSA) is 105 Å². The highest BCUT2D eigenvalue weighted by Gasteiger charge is 2.31. The molecule has 0 bridgehead atoms. The van der Waals surface area contributed by atoms with Gasteiger partial charge in [-0.2, -0.15) is 5.10 Å². The molecule has 0 spiro atoms. The SMILES string of the molecule is CC(=O)Nc1nc2c(s1)-c1c(c(-c3cccnc3)nn1-c1ccc(C(=O)N[C@H]3CC[C@@H](N4CCCCC4)CC3)cc1Cl)CC2. The third-order valence-corrected chi connectivity index (χ3v) is 10.4. The summed E-state index contributed by atoms with van der Waals surface area (Å²) in [6.07, 6.45) is 13.3. The lowest BCUT2D eigenvalue weighted by Crippen LogP contribution is -2.45. The Morgan fingerprint density at radius 2 is 1.86 bits per heavy atom. The number of carbonyl (C=O) groups is 2. The molecule has 0 unspecified atom stereocenters. The van der Waals surface area contributed by atoms with Gasteiger partial charge >= 0.3 is 0 Å². The molecule has 11 heteroatoms. The number of nitrogens with one attached hydrogen (secondary N) is 2. The number of aryl methyl sites for hydroxylation is 1. The van der Waals surface area contributed by atoms with Crippen molar-refractivity contribution in [3.05, 3.63) is 64.6 Å². The minimum Gasteiger partial charge on any atom is -0.349 e. The number of anilines is 1. The number of hydrogen-bond donors (Lipinski definition) is 2. The van der Waals surface area contributed by atoms with Gasteiger partial charge in [0.25, 0.3) is 5.91 Å². The van der Waals surface area contributed by atoms with Crippen LogP contribution in [-0.4, -0.2) is 61.6 Å². The number of benzene rings is 1. The van der Waals surface area contributed by atoms with Crippen molar-refractivity contribution in [1.82, 2.24) is 30.0 Å². The van der Waals surface area contributed by atoms with Gasteiger partial charge in [-0.1, -0.05) is 29.4 Å². The fourth-order valence-corrected chi connectivity index (χ4v) is 8.32. The van der Waals surface area contributed by atoms with Crippen LogP contribution in [0.25, 0.3) is 27.5 Å². The van der Waals surface area contributed by atoms with E-state index in [1.54, 1.807) is 12.3 Å². The maximum Gasteiger partial charge on any atom is 0.251 e. The van der Waals surface area contributed by atoms with Crippen molar-refractivity contribution in [2.45, 2.75) is 76.8 Å². The molecule has 1 aromatic carbocycles. The van der Waals surface area contributed by atoms with E-state index in [1.165, 1.54) is 50.6 Å². The summed E-state index contributed by atoms with van der Waals surface area (Å²) in [5.74, 6) is -0.254. The summed E-state index contributed by atoms with van der Waals surface area (Å²) in [6.45, 7) is 3.92. The minimum atomic E-state index is -0.159. The molecule has 44 heavy (non-hydrogen) atoms. The van der Waals surface area contributed by atoms with E-state index in [9.17, 15) is 9.59 Å². The molecule has 4 aromatic rings. The van der Waals surface area contributed by atoms with E-state index in [-0.39, 0.29) is 17.9 Å². The Balaban J connectivity index is 1.15. The summed E-state index contributed by atoms with van der Waals surface area (Å²) >= 11 is 8.36. The van der Waals surface area contributed by atoms with Crippen molar-refractivity contribution >= 4 is 39.9 Å². The zero-order valence-electron chi connectivity index (χ0n) is 24.8. The second-order valence-electron chi connectivity index (χ2n) is 12.0. The average Bonchev–Trinajstić information content (AvgIpc) is 3.63. The second-order valence-corrected chi connectivity index (χ2v) is 13.5. The molecule has 4 heterocycles. The van der Waals surface area contributed by atoms with E-state index in [4.69, 9.17) is 21.7 Å². The molecule has 0 atom stereocenters. The number of halogens is 1. The van der Waals surface area contributed by atoms with Gasteiger partial charge in [-0.15, -0.1) is 0 Å². The van der Waals surface area contributed by atoms with Gasteiger partial charge in [-0.05, 0) is 94.8 Å². The number of pyridine rings is 1. The first-order valence-corrected chi connectivity index (χ1v) is 16.8. The number of hydrogen-bond acceptors (Lipinski definition) is 7. The van der Waals surface area contributed by atoms with Gasteiger partial charge in [0.05, 0.1) is 32.7 Å². The Hall–Kier alpha value is -3.60. The van der Waals surface area contributed by atoms with Crippen LogP contribution in [0.3, 0.4) is 0 Å². The third-order valence-electron chi connectivity index (χ3n) is 9.10. The Morgan fingerprint density at radius 3 is 2.59 bits per heavy atom. The molecule has 228 valence electrons. The molecule has 2 fully saturated rings. The number of thiazole rings is 1. The van der Waals surface area contributed by atoms with Gasteiger partial charge in [-0.25, -0.2) is 9.67 Å². The van der Waals surface area contributed by atoms with Gasteiger partial charge in [0.2, 0.25) is 5.91 Å². The quantitative estimate of drug-likeness (QED) is 0.260. The first-order chi connectivity index (χ1) is 21.4. The number of piperidine rings is 1. The molecule has 1 aliphatic heterocycles. The Bertz CT molecular complexity index is 1690. The highest BCUT2D eigenvalue weighted by molar-refractivity contribution is 7.19. The van der Waals surface area contributed by atoms with E-state index in [1.807, 2.05) is 35.1 Å². The van der Waals surface area contributed by atoms with Crippen LogP contribution in [0.5, 0.6) is 0 Å². The lowest BCUT2D eigenvalue weighted by atomic mass is 9.89. The van der Waals surface area contributed by atoms with Crippen molar-refractivity contribution in [2.75, 3.05) is 18.4 Å². The maximum atomic E-state index is 13.3. The molecular weight excluding hydrogens is 594 g/mol. The highest BCUT2D eigenvalue weighted by Crippen LogP contribution is 2.44. The molecule has 1 saturated carbocycles. The van der Waals surface area contributed by atoms with E-state index in [0.717, 1.165) is 71.6 Å². The predicted molar refractivity (Wildman–Crippen MR) is 174 cm³/mol. The number of amides is 2. The molecule has 2 amide bonds. The summed E-state index contributed by atoms with van der Waals surface area (Å²) in [4.78, 5) is 37.7. The molecule has 7 rings (SSSR count). The number of fused-ring (bicyclic) bond motifs is 3. The van der Waals surface area contributed by atoms with Crippen molar-refractivity contribution in [3.63, 3.8) is 0 Å². The molecule has 3 aliphatic rings. The lowest BCUT2D eigenvalue weighted by Gasteiger charge is -2.39. The molecular formula is C33H36ClN7O2S. The van der Waals surface area contributed by atoms with Gasteiger partial charge < -0.3 is 15.5 Å². The van der Waals surface area contributed by atoms with Gasteiger partial charge in [-0.3, -0.25) is 14.6 Å². The predicted octanol–water partition coefficient (Wildman–Crippen LogP) is 6.30. The van der Waals surface area contributed by atoms with Crippen LogP contribution >= 0.6 is 22.9 Å². The summed E-state index contributed by atoms with van der Waals surface area (Å²) in [7, 11) is 0. The van der Waals surface area contributed by atoms with E-state index in [0.29, 0.717) is 27.4 Å². The van der Waals surface area contributed by atoms with E-state index < -0.39 is 0 Å². The van der Waals surface area contributed by atoms with Crippen molar-refractivity contribution < 1.29 is 9.59 Å². The number of carbonyl (C=O) groups excluding carboxylic acids is 2. The Kier molecular flexibility index (Phi) is 8.22. The van der Waals surface area contributed by atoms with E-state index in [2.05, 4.69) is 20.5 Å². The fourth-order valence-electron chi connectivity index (χ4n) is 6.94. The van der Waals surface area contributed by atoms with E-state index >= 15 is 0 Å². The molecule has 0 radical (unpaired) electrons. The van der Waals surface area contributed by atoms with Gasteiger partial charge in [0.15, 0.2) is 5.13 Å². The van der Waals surface area contributed by atoms with Gasteiger partial charge in [0, 0.05) is 48.1 Å². The summed E-state index contributed by atoms with van der Waals surface area (Å²) in [5, 5.41) is 12.2. The molecule has 3 aromatic heterocycles. The van der Waals surface area contributed by atoms with Crippen molar-refractivity contribution in [3.8, 4) is 27.5 Å². The first-order valence-electron chi connectivity index (χ1n) is 15.6. The minimum absolute atomic E-state index is 0.0943.